The molecule has 1 aromatic rings. The molecule has 0 aliphatic carbocycles. The van der Waals surface area contributed by atoms with Gasteiger partial charge in [0.2, 0.25) is 0 Å². The first-order valence-corrected chi connectivity index (χ1v) is 9.55. The number of aryl methyl sites for hydroxylation is 2. The van der Waals surface area contributed by atoms with E-state index in [9.17, 15) is 9.66 Å². The molecule has 0 radical (unpaired) electrons. The third-order valence-corrected chi connectivity index (χ3v) is 6.09. The third-order valence-electron chi connectivity index (χ3n) is 3.95. The summed E-state index contributed by atoms with van der Waals surface area (Å²) in [4.78, 5) is 0.786. The second kappa shape index (κ2) is 8.19. The van der Waals surface area contributed by atoms with Gasteiger partial charge in [0, 0.05) is 5.56 Å². The van der Waals surface area contributed by atoms with Crippen LogP contribution in [0.2, 0.25) is 0 Å². The number of rotatable bonds is 8. The van der Waals surface area contributed by atoms with Gasteiger partial charge in [0.15, 0.2) is 4.90 Å². The molecule has 0 aliphatic heterocycles. The second-order valence-electron chi connectivity index (χ2n) is 7.96. The van der Waals surface area contributed by atoms with Crippen LogP contribution in [0, 0.1) is 13.8 Å². The summed E-state index contributed by atoms with van der Waals surface area (Å²) in [6, 6.07) is 5.97. The largest absolute Gasteiger partial charge is 0.593 e. The van der Waals surface area contributed by atoms with Crippen LogP contribution in [0.15, 0.2) is 23.1 Å². The molecular formula is C19H33NO3S. The Morgan fingerprint density at radius 3 is 2.25 bits per heavy atom. The Morgan fingerprint density at radius 1 is 1.17 bits per heavy atom. The Balaban J connectivity index is 3.30. The lowest BCUT2D eigenvalue weighted by Crippen LogP contribution is -2.61. The molecule has 1 aromatic carbocycles. The summed E-state index contributed by atoms with van der Waals surface area (Å²) in [6.07, 6.45) is 0.0949. The molecule has 4 nitrogen and oxygen atoms in total. The smallest absolute Gasteiger partial charge is 0.177 e. The molecule has 0 spiro atoms. The van der Waals surface area contributed by atoms with E-state index in [4.69, 9.17) is 4.74 Å². The molecule has 24 heavy (non-hydrogen) atoms. The number of aliphatic hydroxyl groups is 1. The Labute approximate surface area is 150 Å². The topological polar surface area (TPSA) is 55.8 Å². The van der Waals surface area contributed by atoms with Crippen molar-refractivity contribution in [3.05, 3.63) is 29.3 Å². The van der Waals surface area contributed by atoms with Crippen LogP contribution in [0.3, 0.4) is 0 Å². The molecule has 0 fully saturated rings. The fourth-order valence-electron chi connectivity index (χ4n) is 2.76. The fourth-order valence-corrected chi connectivity index (χ4v) is 4.59. The Hall–Kier alpha value is -0.590. The van der Waals surface area contributed by atoms with Crippen molar-refractivity contribution in [3.8, 4) is 0 Å². The summed E-state index contributed by atoms with van der Waals surface area (Å²) in [5.74, 6) is 0. The molecule has 0 aliphatic rings. The first kappa shape index (κ1) is 21.5. The number of benzene rings is 1. The Kier molecular flexibility index (Phi) is 7.32. The van der Waals surface area contributed by atoms with Crippen molar-refractivity contribution in [2.24, 2.45) is 0 Å². The molecule has 0 bridgehead atoms. The summed E-state index contributed by atoms with van der Waals surface area (Å²) in [7, 11) is 0. The molecule has 1 rings (SSSR count). The van der Waals surface area contributed by atoms with E-state index in [1.165, 1.54) is 0 Å². The van der Waals surface area contributed by atoms with Crippen molar-refractivity contribution in [1.82, 2.24) is 4.31 Å². The summed E-state index contributed by atoms with van der Waals surface area (Å²) in [6.45, 7) is 16.1. The fraction of sp³-hybridized carbons (Fsp3) is 0.684. The van der Waals surface area contributed by atoms with E-state index in [1.807, 2.05) is 77.9 Å². The van der Waals surface area contributed by atoms with E-state index in [1.54, 1.807) is 0 Å². The SMILES string of the molecule is Cc1ccc(C)c([S+]([O-])N(C(C)(C)CO)C(C)(C)COC(C)C)c1. The lowest BCUT2D eigenvalue weighted by Gasteiger charge is -2.45. The van der Waals surface area contributed by atoms with Gasteiger partial charge < -0.3 is 14.4 Å². The Morgan fingerprint density at radius 2 is 1.75 bits per heavy atom. The van der Waals surface area contributed by atoms with Gasteiger partial charge in [-0.05, 0) is 67.0 Å². The summed E-state index contributed by atoms with van der Waals surface area (Å²) >= 11 is -1.40. The van der Waals surface area contributed by atoms with Crippen molar-refractivity contribution >= 4 is 11.4 Å². The molecule has 0 heterocycles. The van der Waals surface area contributed by atoms with Crippen LogP contribution < -0.4 is 0 Å². The van der Waals surface area contributed by atoms with Crippen molar-refractivity contribution in [2.75, 3.05) is 13.2 Å². The van der Waals surface area contributed by atoms with Crippen molar-refractivity contribution in [3.63, 3.8) is 0 Å². The monoisotopic (exact) mass is 355 g/mol. The van der Waals surface area contributed by atoms with E-state index in [0.29, 0.717) is 6.61 Å². The highest BCUT2D eigenvalue weighted by atomic mass is 32.2. The Bertz CT molecular complexity index is 543. The van der Waals surface area contributed by atoms with Crippen LogP contribution in [-0.2, 0) is 16.1 Å². The van der Waals surface area contributed by atoms with E-state index in [0.717, 1.165) is 16.0 Å². The standard InChI is InChI=1S/C19H33NO3S/c1-14(2)23-13-19(7,8)20(18(5,6)12-21)24(22)17-11-15(3)9-10-16(17)4/h9-11,14,21H,12-13H2,1-8H3. The van der Waals surface area contributed by atoms with Crippen LogP contribution in [0.25, 0.3) is 0 Å². The third kappa shape index (κ3) is 5.20. The van der Waals surface area contributed by atoms with Gasteiger partial charge in [-0.3, -0.25) is 0 Å². The van der Waals surface area contributed by atoms with E-state index in [2.05, 4.69) is 0 Å². The number of nitrogens with zero attached hydrogens (tertiary/aromatic N) is 1. The summed E-state index contributed by atoms with van der Waals surface area (Å²) in [5, 5.41) is 9.91. The average Bonchev–Trinajstić information content (AvgIpc) is 2.47. The summed E-state index contributed by atoms with van der Waals surface area (Å²) in [5.41, 5.74) is 0.905. The predicted molar refractivity (Wildman–Crippen MR) is 100 cm³/mol. The van der Waals surface area contributed by atoms with Crippen LogP contribution in [0.5, 0.6) is 0 Å². The highest BCUT2D eigenvalue weighted by Crippen LogP contribution is 2.34. The number of ether oxygens (including phenoxy) is 1. The molecule has 5 heteroatoms. The van der Waals surface area contributed by atoms with Crippen LogP contribution in [-0.4, -0.2) is 44.4 Å². The van der Waals surface area contributed by atoms with E-state index in [-0.39, 0.29) is 12.7 Å². The number of aliphatic hydroxyl groups excluding tert-OH is 1. The zero-order chi connectivity index (χ0) is 18.7. The highest BCUT2D eigenvalue weighted by Gasteiger charge is 2.47. The molecule has 1 unspecified atom stereocenters. The molecular weight excluding hydrogens is 322 g/mol. The zero-order valence-electron chi connectivity index (χ0n) is 16.3. The number of hydrogen-bond donors (Lipinski definition) is 1. The lowest BCUT2D eigenvalue weighted by atomic mass is 9.98. The zero-order valence-corrected chi connectivity index (χ0v) is 17.2. The molecule has 0 saturated heterocycles. The molecule has 0 aromatic heterocycles. The molecule has 0 amide bonds. The second-order valence-corrected chi connectivity index (χ2v) is 9.26. The maximum atomic E-state index is 13.5. The first-order valence-electron chi connectivity index (χ1n) is 8.44. The minimum Gasteiger partial charge on any atom is -0.593 e. The van der Waals surface area contributed by atoms with Crippen molar-refractivity contribution in [2.45, 2.75) is 77.5 Å². The first-order chi connectivity index (χ1) is 10.9. The number of hydrogen-bond acceptors (Lipinski definition) is 4. The van der Waals surface area contributed by atoms with E-state index >= 15 is 0 Å². The molecule has 0 saturated carbocycles. The van der Waals surface area contributed by atoms with Crippen molar-refractivity contribution < 1.29 is 14.4 Å². The van der Waals surface area contributed by atoms with Crippen LogP contribution in [0.1, 0.15) is 52.7 Å². The maximum Gasteiger partial charge on any atom is 0.177 e. The normalized spacial score (nSPS) is 14.5. The van der Waals surface area contributed by atoms with Gasteiger partial charge in [-0.15, -0.1) is 4.31 Å². The molecule has 138 valence electrons. The van der Waals surface area contributed by atoms with Gasteiger partial charge in [0.1, 0.15) is 0 Å². The summed E-state index contributed by atoms with van der Waals surface area (Å²) < 4.78 is 21.2. The predicted octanol–water partition coefficient (Wildman–Crippen LogP) is 3.60. The average molecular weight is 356 g/mol. The lowest BCUT2D eigenvalue weighted by molar-refractivity contribution is -0.0232. The van der Waals surface area contributed by atoms with Gasteiger partial charge in [0.05, 0.1) is 41.8 Å². The van der Waals surface area contributed by atoms with Gasteiger partial charge in [0.25, 0.3) is 0 Å². The minimum atomic E-state index is -1.40. The quantitative estimate of drug-likeness (QED) is 0.724. The van der Waals surface area contributed by atoms with Crippen molar-refractivity contribution in [1.29, 1.82) is 0 Å². The van der Waals surface area contributed by atoms with Crippen LogP contribution in [0.4, 0.5) is 0 Å². The highest BCUT2D eigenvalue weighted by molar-refractivity contribution is 7.89. The van der Waals surface area contributed by atoms with Gasteiger partial charge in [-0.1, -0.05) is 12.1 Å². The van der Waals surface area contributed by atoms with Gasteiger partial charge in [-0.2, -0.15) is 0 Å². The van der Waals surface area contributed by atoms with Crippen LogP contribution >= 0.6 is 0 Å². The van der Waals surface area contributed by atoms with Gasteiger partial charge in [-0.25, -0.2) is 0 Å². The van der Waals surface area contributed by atoms with Gasteiger partial charge >= 0.3 is 0 Å². The molecule has 1 N–H and O–H groups in total. The van der Waals surface area contributed by atoms with E-state index < -0.39 is 22.4 Å². The molecule has 1 atom stereocenters. The maximum absolute atomic E-state index is 13.5. The minimum absolute atomic E-state index is 0.0886.